The Morgan fingerprint density at radius 3 is 2.54 bits per heavy atom. The van der Waals surface area contributed by atoms with Crippen molar-refractivity contribution in [3.8, 4) is 0 Å². The van der Waals surface area contributed by atoms with Crippen LogP contribution in [0.1, 0.15) is 42.5 Å². The minimum atomic E-state index is -0.655. The molecule has 128 valence electrons. The molecule has 0 unspecified atom stereocenters. The van der Waals surface area contributed by atoms with Gasteiger partial charge in [-0.3, -0.25) is 14.5 Å². The Labute approximate surface area is 149 Å². The molecule has 6 nitrogen and oxygen atoms in total. The monoisotopic (exact) mass is 393 g/mol. The molecule has 1 aliphatic carbocycles. The molecule has 1 spiro atoms. The van der Waals surface area contributed by atoms with E-state index in [1.165, 1.54) is 4.90 Å². The van der Waals surface area contributed by atoms with Gasteiger partial charge in [0.25, 0.3) is 11.8 Å². The molecule has 0 radical (unpaired) electrons. The predicted octanol–water partition coefficient (Wildman–Crippen LogP) is 2.43. The Hall–Kier alpha value is -1.89. The summed E-state index contributed by atoms with van der Waals surface area (Å²) in [6.07, 6.45) is 3.95. The fourth-order valence-electron chi connectivity index (χ4n) is 3.34. The van der Waals surface area contributed by atoms with E-state index in [4.69, 9.17) is 0 Å². The summed E-state index contributed by atoms with van der Waals surface area (Å²) in [5.41, 5.74) is -0.0734. The van der Waals surface area contributed by atoms with Crippen LogP contribution in [-0.2, 0) is 4.79 Å². The molecular formula is C17H20BrN3O3. The van der Waals surface area contributed by atoms with E-state index in [9.17, 15) is 14.4 Å². The molecule has 3 rings (SSSR count). The SMILES string of the molecule is O=C(NCCCN1C(=O)NC2(CCCC2)C1=O)c1ccc(Br)cc1. The molecule has 2 N–H and O–H groups in total. The zero-order valence-corrected chi connectivity index (χ0v) is 14.9. The Morgan fingerprint density at radius 2 is 1.88 bits per heavy atom. The molecule has 1 aromatic rings. The molecule has 2 fully saturated rings. The maximum absolute atomic E-state index is 12.5. The number of nitrogens with one attached hydrogen (secondary N) is 2. The zero-order chi connectivity index (χ0) is 17.2. The highest BCUT2D eigenvalue weighted by atomic mass is 79.9. The Morgan fingerprint density at radius 1 is 1.21 bits per heavy atom. The van der Waals surface area contributed by atoms with Crippen molar-refractivity contribution in [1.29, 1.82) is 0 Å². The van der Waals surface area contributed by atoms with Crippen LogP contribution >= 0.6 is 15.9 Å². The summed E-state index contributed by atoms with van der Waals surface area (Å²) < 4.78 is 0.915. The van der Waals surface area contributed by atoms with Gasteiger partial charge in [-0.05, 0) is 43.5 Å². The van der Waals surface area contributed by atoms with E-state index in [2.05, 4.69) is 26.6 Å². The lowest BCUT2D eigenvalue weighted by Gasteiger charge is -2.20. The van der Waals surface area contributed by atoms with E-state index in [0.717, 1.165) is 30.2 Å². The van der Waals surface area contributed by atoms with Crippen molar-refractivity contribution in [3.05, 3.63) is 34.3 Å². The minimum absolute atomic E-state index is 0.107. The third kappa shape index (κ3) is 3.31. The maximum atomic E-state index is 12.5. The van der Waals surface area contributed by atoms with Crippen molar-refractivity contribution in [2.24, 2.45) is 0 Å². The van der Waals surface area contributed by atoms with Crippen molar-refractivity contribution in [1.82, 2.24) is 15.5 Å². The summed E-state index contributed by atoms with van der Waals surface area (Å²) in [5, 5.41) is 5.66. The van der Waals surface area contributed by atoms with Gasteiger partial charge in [0.15, 0.2) is 0 Å². The molecule has 24 heavy (non-hydrogen) atoms. The van der Waals surface area contributed by atoms with E-state index >= 15 is 0 Å². The molecule has 1 aromatic carbocycles. The van der Waals surface area contributed by atoms with Crippen LogP contribution in [0.5, 0.6) is 0 Å². The van der Waals surface area contributed by atoms with E-state index in [0.29, 0.717) is 25.1 Å². The first kappa shape index (κ1) is 17.0. The van der Waals surface area contributed by atoms with E-state index < -0.39 is 5.54 Å². The van der Waals surface area contributed by atoms with Crippen LogP contribution in [0.4, 0.5) is 4.79 Å². The van der Waals surface area contributed by atoms with E-state index in [1.54, 1.807) is 12.1 Å². The molecule has 0 bridgehead atoms. The molecular weight excluding hydrogens is 374 g/mol. The second kappa shape index (κ2) is 6.93. The molecule has 0 aromatic heterocycles. The number of imide groups is 1. The van der Waals surface area contributed by atoms with Crippen molar-refractivity contribution >= 4 is 33.8 Å². The number of hydrogen-bond donors (Lipinski definition) is 2. The summed E-state index contributed by atoms with van der Waals surface area (Å²) in [6, 6.07) is 6.79. The smallest absolute Gasteiger partial charge is 0.325 e. The van der Waals surface area contributed by atoms with Gasteiger partial charge in [0.1, 0.15) is 5.54 Å². The molecule has 1 aliphatic heterocycles. The fraction of sp³-hybridized carbons (Fsp3) is 0.471. The number of carbonyl (C=O) groups excluding carboxylic acids is 3. The Balaban J connectivity index is 1.46. The number of urea groups is 1. The van der Waals surface area contributed by atoms with Crippen molar-refractivity contribution in [2.75, 3.05) is 13.1 Å². The van der Waals surface area contributed by atoms with Crippen molar-refractivity contribution in [3.63, 3.8) is 0 Å². The highest BCUT2D eigenvalue weighted by Gasteiger charge is 2.51. The van der Waals surface area contributed by atoms with Gasteiger partial charge in [-0.1, -0.05) is 28.8 Å². The first-order valence-corrected chi connectivity index (χ1v) is 8.99. The second-order valence-electron chi connectivity index (χ2n) is 6.29. The Kier molecular flexibility index (Phi) is 4.89. The third-order valence-corrected chi connectivity index (χ3v) is 5.18. The number of rotatable bonds is 5. The van der Waals surface area contributed by atoms with Crippen LogP contribution in [0.3, 0.4) is 0 Å². The molecule has 7 heteroatoms. The number of nitrogens with zero attached hydrogens (tertiary/aromatic N) is 1. The van der Waals surface area contributed by atoms with Gasteiger partial charge < -0.3 is 10.6 Å². The van der Waals surface area contributed by atoms with Gasteiger partial charge in [-0.15, -0.1) is 0 Å². The van der Waals surface area contributed by atoms with Crippen LogP contribution < -0.4 is 10.6 Å². The molecule has 1 heterocycles. The average molecular weight is 394 g/mol. The minimum Gasteiger partial charge on any atom is -0.352 e. The fourth-order valence-corrected chi connectivity index (χ4v) is 3.60. The molecule has 2 aliphatic rings. The van der Waals surface area contributed by atoms with Crippen LogP contribution in [0, 0.1) is 0 Å². The van der Waals surface area contributed by atoms with Gasteiger partial charge >= 0.3 is 6.03 Å². The van der Waals surface area contributed by atoms with Crippen molar-refractivity contribution in [2.45, 2.75) is 37.6 Å². The molecule has 4 amide bonds. The number of amides is 4. The van der Waals surface area contributed by atoms with Crippen LogP contribution in [-0.4, -0.2) is 41.4 Å². The third-order valence-electron chi connectivity index (χ3n) is 4.65. The topological polar surface area (TPSA) is 78.5 Å². The summed E-state index contributed by atoms with van der Waals surface area (Å²) in [7, 11) is 0. The number of halogens is 1. The average Bonchev–Trinajstić information content (AvgIpc) is 3.12. The number of hydrogen-bond acceptors (Lipinski definition) is 3. The standard InChI is InChI=1S/C17H20BrN3O3/c18-13-6-4-12(5-7-13)14(22)19-10-3-11-21-15(23)17(20-16(21)24)8-1-2-9-17/h4-7H,1-3,8-11H2,(H,19,22)(H,20,24). The predicted molar refractivity (Wildman–Crippen MR) is 92.5 cm³/mol. The lowest BCUT2D eigenvalue weighted by Crippen LogP contribution is -2.44. The van der Waals surface area contributed by atoms with Crippen LogP contribution in [0.15, 0.2) is 28.7 Å². The second-order valence-corrected chi connectivity index (χ2v) is 7.21. The largest absolute Gasteiger partial charge is 0.352 e. The number of carbonyl (C=O) groups is 3. The normalized spacial score (nSPS) is 19.0. The number of benzene rings is 1. The maximum Gasteiger partial charge on any atom is 0.325 e. The van der Waals surface area contributed by atoms with Gasteiger partial charge in [-0.2, -0.15) is 0 Å². The van der Waals surface area contributed by atoms with E-state index in [1.807, 2.05) is 12.1 Å². The lowest BCUT2D eigenvalue weighted by atomic mass is 9.98. The van der Waals surface area contributed by atoms with Crippen LogP contribution in [0.2, 0.25) is 0 Å². The van der Waals surface area contributed by atoms with E-state index in [-0.39, 0.29) is 17.8 Å². The highest BCUT2D eigenvalue weighted by molar-refractivity contribution is 9.10. The zero-order valence-electron chi connectivity index (χ0n) is 13.3. The summed E-state index contributed by atoms with van der Waals surface area (Å²) >= 11 is 3.33. The molecule has 1 saturated carbocycles. The van der Waals surface area contributed by atoms with Gasteiger partial charge in [0.05, 0.1) is 0 Å². The first-order chi connectivity index (χ1) is 11.5. The summed E-state index contributed by atoms with van der Waals surface area (Å²) in [4.78, 5) is 37.8. The Bertz CT molecular complexity index is 654. The summed E-state index contributed by atoms with van der Waals surface area (Å²) in [5.74, 6) is -0.267. The van der Waals surface area contributed by atoms with Gasteiger partial charge in [0.2, 0.25) is 0 Å². The van der Waals surface area contributed by atoms with Gasteiger partial charge in [-0.25, -0.2) is 4.79 Å². The summed E-state index contributed by atoms with van der Waals surface area (Å²) in [6.45, 7) is 0.742. The quantitative estimate of drug-likeness (QED) is 0.595. The van der Waals surface area contributed by atoms with Gasteiger partial charge in [0, 0.05) is 23.1 Å². The first-order valence-electron chi connectivity index (χ1n) is 8.20. The molecule has 0 atom stereocenters. The highest BCUT2D eigenvalue weighted by Crippen LogP contribution is 2.34. The molecule has 1 saturated heterocycles. The van der Waals surface area contributed by atoms with Crippen molar-refractivity contribution < 1.29 is 14.4 Å². The van der Waals surface area contributed by atoms with Crippen LogP contribution in [0.25, 0.3) is 0 Å². The lowest BCUT2D eigenvalue weighted by molar-refractivity contribution is -0.131.